The molecule has 0 aliphatic carbocycles. The van der Waals surface area contributed by atoms with Gasteiger partial charge in [0.15, 0.2) is 5.60 Å². The van der Waals surface area contributed by atoms with Crippen LogP contribution in [0.15, 0.2) is 23.0 Å². The van der Waals surface area contributed by atoms with Crippen LogP contribution in [0.1, 0.15) is 47.5 Å². The molecule has 1 aliphatic rings. The van der Waals surface area contributed by atoms with E-state index >= 15 is 0 Å². The van der Waals surface area contributed by atoms with Crippen molar-refractivity contribution in [1.82, 2.24) is 0 Å². The third-order valence-corrected chi connectivity index (χ3v) is 4.03. The number of rotatable bonds is 6. The second-order valence-corrected chi connectivity index (χ2v) is 5.67. The third kappa shape index (κ3) is 3.13. The number of carbonyl (C=O) groups is 1. The van der Waals surface area contributed by atoms with Crippen LogP contribution in [0.2, 0.25) is 0 Å². The van der Waals surface area contributed by atoms with Gasteiger partial charge in [-0.1, -0.05) is 27.2 Å². The Morgan fingerprint density at radius 3 is 2.45 bits per heavy atom. The van der Waals surface area contributed by atoms with Gasteiger partial charge in [-0.05, 0) is 31.4 Å². The molecule has 0 fully saturated rings. The minimum absolute atomic E-state index is 0.127. The van der Waals surface area contributed by atoms with Gasteiger partial charge in [0.2, 0.25) is 5.78 Å². The third-order valence-electron chi connectivity index (χ3n) is 4.03. The number of hydrogen-bond donors (Lipinski definition) is 2. The summed E-state index contributed by atoms with van der Waals surface area (Å²) in [4.78, 5) is 12.4. The van der Waals surface area contributed by atoms with Crippen LogP contribution in [0.3, 0.4) is 0 Å². The fourth-order valence-electron chi connectivity index (χ4n) is 2.52. The number of allylic oxidation sites excluding steroid dienone is 1. The van der Waals surface area contributed by atoms with Crippen LogP contribution in [0.25, 0.3) is 0 Å². The molecule has 2 N–H and O–H groups in total. The van der Waals surface area contributed by atoms with E-state index in [0.29, 0.717) is 17.8 Å². The highest BCUT2D eigenvalue weighted by Gasteiger charge is 2.43. The number of aliphatic hydroxyl groups excluding tert-OH is 2. The van der Waals surface area contributed by atoms with Crippen LogP contribution in [0, 0.1) is 5.92 Å². The molecular weight excluding hydrogens is 256 g/mol. The number of ether oxygens (including phenoxy) is 1. The summed E-state index contributed by atoms with van der Waals surface area (Å²) < 4.78 is 5.73. The van der Waals surface area contributed by atoms with Gasteiger partial charge in [0.05, 0.1) is 18.3 Å². The molecule has 0 radical (unpaired) electrons. The van der Waals surface area contributed by atoms with Crippen molar-refractivity contribution < 1.29 is 19.7 Å². The smallest absolute Gasteiger partial charge is 0.211 e. The van der Waals surface area contributed by atoms with E-state index in [1.807, 2.05) is 20.8 Å². The predicted molar refractivity (Wildman–Crippen MR) is 78.1 cm³/mol. The summed E-state index contributed by atoms with van der Waals surface area (Å²) in [6, 6.07) is 0. The van der Waals surface area contributed by atoms with Crippen LogP contribution in [0.5, 0.6) is 0 Å². The molecule has 0 aromatic rings. The fourth-order valence-corrected chi connectivity index (χ4v) is 2.52. The first-order chi connectivity index (χ1) is 9.30. The van der Waals surface area contributed by atoms with E-state index in [-0.39, 0.29) is 18.3 Å². The highest BCUT2D eigenvalue weighted by atomic mass is 16.5. The maximum absolute atomic E-state index is 12.4. The molecule has 1 heterocycles. The molecule has 0 unspecified atom stereocenters. The lowest BCUT2D eigenvalue weighted by Crippen LogP contribution is -2.33. The Bertz CT molecular complexity index is 436. The zero-order chi connectivity index (χ0) is 15.5. The number of aliphatic hydroxyl groups is 2. The SMILES string of the molecule is CCC1=C(CO)C(=O)[C@](C)(/C=C(\C)[C@@H](O)[C@@H](C)CC)O1. The summed E-state index contributed by atoms with van der Waals surface area (Å²) >= 11 is 0. The van der Waals surface area contributed by atoms with Crippen LogP contribution >= 0.6 is 0 Å². The Morgan fingerprint density at radius 2 is 2.05 bits per heavy atom. The maximum Gasteiger partial charge on any atom is 0.211 e. The number of Topliss-reactive ketones (excluding diaryl/α,β-unsaturated/α-hetero) is 1. The van der Waals surface area contributed by atoms with Crippen molar-refractivity contribution in [3.05, 3.63) is 23.0 Å². The molecule has 1 aliphatic heterocycles. The zero-order valence-electron chi connectivity index (χ0n) is 13.1. The fraction of sp³-hybridized carbons (Fsp3) is 0.688. The van der Waals surface area contributed by atoms with Crippen molar-refractivity contribution in [2.24, 2.45) is 5.92 Å². The molecule has 20 heavy (non-hydrogen) atoms. The van der Waals surface area contributed by atoms with Crippen molar-refractivity contribution in [3.8, 4) is 0 Å². The van der Waals surface area contributed by atoms with E-state index in [0.717, 1.165) is 12.0 Å². The molecular formula is C16H26O4. The standard InChI is InChI=1S/C16H26O4/c1-6-10(3)14(18)11(4)8-16(5)15(19)12(9-17)13(7-2)20-16/h8,10,14,17-18H,6-7,9H2,1-5H3/b11-8+/t10-,14-,16-/m0/s1. The van der Waals surface area contributed by atoms with E-state index in [1.54, 1.807) is 19.9 Å². The van der Waals surface area contributed by atoms with Crippen molar-refractivity contribution >= 4 is 5.78 Å². The lowest BCUT2D eigenvalue weighted by Gasteiger charge is -2.24. The lowest BCUT2D eigenvalue weighted by molar-refractivity contribution is -0.125. The molecule has 0 amide bonds. The molecule has 3 atom stereocenters. The monoisotopic (exact) mass is 282 g/mol. The van der Waals surface area contributed by atoms with E-state index < -0.39 is 11.7 Å². The van der Waals surface area contributed by atoms with Gasteiger partial charge in [-0.3, -0.25) is 4.79 Å². The molecule has 0 aromatic carbocycles. The summed E-state index contributed by atoms with van der Waals surface area (Å²) in [7, 11) is 0. The highest BCUT2D eigenvalue weighted by Crippen LogP contribution is 2.34. The van der Waals surface area contributed by atoms with Gasteiger partial charge < -0.3 is 14.9 Å². The van der Waals surface area contributed by atoms with Crippen LogP contribution in [-0.2, 0) is 9.53 Å². The average Bonchev–Trinajstić information content (AvgIpc) is 2.68. The van der Waals surface area contributed by atoms with E-state index in [9.17, 15) is 15.0 Å². The first kappa shape index (κ1) is 16.9. The molecule has 0 aromatic heterocycles. The summed E-state index contributed by atoms with van der Waals surface area (Å²) in [6.45, 7) is 9.05. The van der Waals surface area contributed by atoms with Crippen molar-refractivity contribution in [1.29, 1.82) is 0 Å². The second kappa shape index (κ2) is 6.55. The summed E-state index contributed by atoms with van der Waals surface area (Å²) in [5.41, 5.74) is -0.0380. The normalized spacial score (nSPS) is 26.8. The molecule has 4 nitrogen and oxygen atoms in total. The quantitative estimate of drug-likeness (QED) is 0.734. The maximum atomic E-state index is 12.4. The van der Waals surface area contributed by atoms with Crippen LogP contribution in [-0.4, -0.2) is 34.3 Å². The van der Waals surface area contributed by atoms with E-state index in [2.05, 4.69) is 0 Å². The van der Waals surface area contributed by atoms with Gasteiger partial charge in [0.1, 0.15) is 5.76 Å². The first-order valence-corrected chi connectivity index (χ1v) is 7.24. The molecule has 114 valence electrons. The summed E-state index contributed by atoms with van der Waals surface area (Å²) in [5, 5.41) is 19.5. The molecule has 1 rings (SSSR count). The average molecular weight is 282 g/mol. The van der Waals surface area contributed by atoms with Crippen molar-refractivity contribution in [3.63, 3.8) is 0 Å². The highest BCUT2D eigenvalue weighted by molar-refractivity contribution is 6.05. The Balaban J connectivity index is 3.01. The molecule has 0 spiro atoms. The van der Waals surface area contributed by atoms with Crippen LogP contribution in [0.4, 0.5) is 0 Å². The lowest BCUT2D eigenvalue weighted by atomic mass is 9.89. The number of hydrogen-bond acceptors (Lipinski definition) is 4. The van der Waals surface area contributed by atoms with Gasteiger partial charge in [-0.25, -0.2) is 0 Å². The van der Waals surface area contributed by atoms with Crippen molar-refractivity contribution in [2.75, 3.05) is 6.61 Å². The topological polar surface area (TPSA) is 66.8 Å². The molecule has 0 bridgehead atoms. The Morgan fingerprint density at radius 1 is 1.45 bits per heavy atom. The van der Waals surface area contributed by atoms with Gasteiger partial charge in [-0.2, -0.15) is 0 Å². The first-order valence-electron chi connectivity index (χ1n) is 7.24. The zero-order valence-corrected chi connectivity index (χ0v) is 13.1. The largest absolute Gasteiger partial charge is 0.479 e. The minimum atomic E-state index is -1.11. The Labute approximate surface area is 121 Å². The Kier molecular flexibility index (Phi) is 5.54. The van der Waals surface area contributed by atoms with Crippen LogP contribution < -0.4 is 0 Å². The summed E-state index contributed by atoms with van der Waals surface area (Å²) in [6.07, 6.45) is 2.53. The van der Waals surface area contributed by atoms with E-state index in [4.69, 9.17) is 4.74 Å². The molecule has 0 saturated carbocycles. The molecule has 4 heteroatoms. The summed E-state index contributed by atoms with van der Waals surface area (Å²) in [5.74, 6) is 0.455. The second-order valence-electron chi connectivity index (χ2n) is 5.67. The predicted octanol–water partition coefficient (Wildman–Crippen LogP) is 2.35. The van der Waals surface area contributed by atoms with Gasteiger partial charge in [0, 0.05) is 6.42 Å². The Hall–Kier alpha value is -1.13. The van der Waals surface area contributed by atoms with Gasteiger partial charge >= 0.3 is 0 Å². The number of ketones is 1. The van der Waals surface area contributed by atoms with Gasteiger partial charge in [-0.15, -0.1) is 0 Å². The van der Waals surface area contributed by atoms with Crippen molar-refractivity contribution in [2.45, 2.75) is 59.2 Å². The number of carbonyl (C=O) groups excluding carboxylic acids is 1. The molecule has 0 saturated heterocycles. The minimum Gasteiger partial charge on any atom is -0.479 e. The van der Waals surface area contributed by atoms with E-state index in [1.165, 1.54) is 0 Å². The van der Waals surface area contributed by atoms with Gasteiger partial charge in [0.25, 0.3) is 0 Å².